The number of hydrogen-bond acceptors (Lipinski definition) is 4. The SMILES string of the molecule is C=CCC(C(=O)OCC)(C(=O)OCC)C(C)/C=C/C. The molecule has 0 spiro atoms. The molecule has 108 valence electrons. The normalized spacial score (nSPS) is 13.1. The van der Waals surface area contributed by atoms with Crippen molar-refractivity contribution < 1.29 is 19.1 Å². The van der Waals surface area contributed by atoms with E-state index in [2.05, 4.69) is 6.58 Å². The van der Waals surface area contributed by atoms with Gasteiger partial charge in [0.1, 0.15) is 0 Å². The predicted octanol–water partition coefficient (Wildman–Crippen LogP) is 2.89. The van der Waals surface area contributed by atoms with Gasteiger partial charge in [-0.1, -0.05) is 25.2 Å². The summed E-state index contributed by atoms with van der Waals surface area (Å²) in [5.74, 6) is -1.44. The van der Waals surface area contributed by atoms with Crippen molar-refractivity contribution in [2.24, 2.45) is 11.3 Å². The standard InChI is InChI=1S/C15H24O4/c1-6-10-12(5)15(11-7-2,13(16)18-8-3)14(17)19-9-4/h6-7,10,12H,2,8-9,11H2,1,3-5H3/b10-6+. The second-order valence-corrected chi connectivity index (χ2v) is 4.22. The highest BCUT2D eigenvalue weighted by Gasteiger charge is 2.51. The maximum Gasteiger partial charge on any atom is 0.324 e. The Morgan fingerprint density at radius 3 is 2.00 bits per heavy atom. The zero-order valence-corrected chi connectivity index (χ0v) is 12.3. The molecule has 0 aliphatic rings. The van der Waals surface area contributed by atoms with Crippen LogP contribution in [0.4, 0.5) is 0 Å². The first-order chi connectivity index (χ1) is 9.00. The van der Waals surface area contributed by atoms with Crippen LogP contribution < -0.4 is 0 Å². The van der Waals surface area contributed by atoms with Crippen LogP contribution in [0.25, 0.3) is 0 Å². The van der Waals surface area contributed by atoms with Crippen LogP contribution in [0.15, 0.2) is 24.8 Å². The van der Waals surface area contributed by atoms with Gasteiger partial charge in [0.05, 0.1) is 13.2 Å². The highest BCUT2D eigenvalue weighted by molar-refractivity contribution is 6.01. The molecule has 0 aliphatic carbocycles. The number of carbonyl (C=O) groups excluding carboxylic acids is 2. The molecule has 0 fully saturated rings. The molecule has 1 atom stereocenters. The minimum Gasteiger partial charge on any atom is -0.465 e. The molecule has 19 heavy (non-hydrogen) atoms. The molecule has 0 N–H and O–H groups in total. The Bertz CT molecular complexity index is 326. The first-order valence-electron chi connectivity index (χ1n) is 6.59. The van der Waals surface area contributed by atoms with Crippen molar-refractivity contribution in [1.29, 1.82) is 0 Å². The third-order valence-electron chi connectivity index (χ3n) is 3.00. The lowest BCUT2D eigenvalue weighted by Crippen LogP contribution is -2.46. The maximum atomic E-state index is 12.3. The molecule has 0 aromatic rings. The van der Waals surface area contributed by atoms with Crippen molar-refractivity contribution in [3.8, 4) is 0 Å². The molecule has 4 heteroatoms. The van der Waals surface area contributed by atoms with Gasteiger partial charge in [-0.25, -0.2) is 0 Å². The lowest BCUT2D eigenvalue weighted by molar-refractivity contribution is -0.174. The Balaban J connectivity index is 5.64. The Hall–Kier alpha value is -1.58. The van der Waals surface area contributed by atoms with Crippen molar-refractivity contribution in [3.05, 3.63) is 24.8 Å². The van der Waals surface area contributed by atoms with E-state index in [1.807, 2.05) is 6.92 Å². The molecule has 0 heterocycles. The molecular weight excluding hydrogens is 244 g/mol. The molecule has 0 aliphatic heterocycles. The fourth-order valence-electron chi connectivity index (χ4n) is 2.01. The molecule has 0 amide bonds. The van der Waals surface area contributed by atoms with E-state index in [9.17, 15) is 9.59 Å². The van der Waals surface area contributed by atoms with E-state index in [4.69, 9.17) is 9.47 Å². The number of ether oxygens (including phenoxy) is 2. The summed E-state index contributed by atoms with van der Waals surface area (Å²) in [5.41, 5.74) is -1.35. The van der Waals surface area contributed by atoms with Gasteiger partial charge in [-0.3, -0.25) is 9.59 Å². The molecule has 0 radical (unpaired) electrons. The predicted molar refractivity (Wildman–Crippen MR) is 74.5 cm³/mol. The van der Waals surface area contributed by atoms with Crippen LogP contribution in [-0.4, -0.2) is 25.2 Å². The van der Waals surface area contributed by atoms with Crippen LogP contribution in [0.2, 0.25) is 0 Å². The first kappa shape index (κ1) is 17.4. The van der Waals surface area contributed by atoms with Gasteiger partial charge in [0, 0.05) is 5.92 Å². The minimum absolute atomic E-state index is 0.191. The zero-order valence-electron chi connectivity index (χ0n) is 12.3. The second-order valence-electron chi connectivity index (χ2n) is 4.22. The number of rotatable bonds is 8. The van der Waals surface area contributed by atoms with E-state index >= 15 is 0 Å². The monoisotopic (exact) mass is 268 g/mol. The first-order valence-corrected chi connectivity index (χ1v) is 6.59. The number of esters is 2. The molecule has 0 rings (SSSR count). The molecule has 0 aromatic heterocycles. The van der Waals surface area contributed by atoms with Crippen molar-refractivity contribution in [1.82, 2.24) is 0 Å². The summed E-state index contributed by atoms with van der Waals surface area (Å²) < 4.78 is 10.1. The molecule has 0 saturated carbocycles. The van der Waals surface area contributed by atoms with Gasteiger partial charge in [0.2, 0.25) is 0 Å². The average molecular weight is 268 g/mol. The zero-order chi connectivity index (χ0) is 14.9. The summed E-state index contributed by atoms with van der Waals surface area (Å²) in [7, 11) is 0. The molecule has 0 saturated heterocycles. The van der Waals surface area contributed by atoms with Crippen molar-refractivity contribution in [2.45, 2.75) is 34.1 Å². The van der Waals surface area contributed by atoms with Crippen LogP contribution >= 0.6 is 0 Å². The third-order valence-corrected chi connectivity index (χ3v) is 3.00. The van der Waals surface area contributed by atoms with Gasteiger partial charge < -0.3 is 9.47 Å². The van der Waals surface area contributed by atoms with E-state index in [1.165, 1.54) is 0 Å². The highest BCUT2D eigenvalue weighted by atomic mass is 16.6. The number of carbonyl (C=O) groups is 2. The number of allylic oxidation sites excluding steroid dienone is 3. The summed E-state index contributed by atoms with van der Waals surface area (Å²) in [6.07, 6.45) is 5.35. The van der Waals surface area contributed by atoms with E-state index in [-0.39, 0.29) is 25.6 Å². The fraction of sp³-hybridized carbons (Fsp3) is 0.600. The number of hydrogen-bond donors (Lipinski definition) is 0. The lowest BCUT2D eigenvalue weighted by atomic mass is 9.73. The van der Waals surface area contributed by atoms with Crippen molar-refractivity contribution in [3.63, 3.8) is 0 Å². The maximum absolute atomic E-state index is 12.3. The van der Waals surface area contributed by atoms with Crippen LogP contribution in [0.3, 0.4) is 0 Å². The Kier molecular flexibility index (Phi) is 7.80. The van der Waals surface area contributed by atoms with E-state index < -0.39 is 17.4 Å². The molecule has 0 bridgehead atoms. The van der Waals surface area contributed by atoms with Gasteiger partial charge in [0.15, 0.2) is 5.41 Å². The second kappa shape index (κ2) is 8.51. The summed E-state index contributed by atoms with van der Waals surface area (Å²) in [6, 6.07) is 0. The van der Waals surface area contributed by atoms with Gasteiger partial charge in [-0.05, 0) is 27.2 Å². The van der Waals surface area contributed by atoms with Gasteiger partial charge in [-0.15, -0.1) is 6.58 Å². The molecule has 1 unspecified atom stereocenters. The quantitative estimate of drug-likeness (QED) is 0.386. The Labute approximate surface area is 115 Å². The summed E-state index contributed by atoms with van der Waals surface area (Å²) in [6.45, 7) is 11.1. The topological polar surface area (TPSA) is 52.6 Å². The van der Waals surface area contributed by atoms with Crippen LogP contribution in [-0.2, 0) is 19.1 Å². The highest BCUT2D eigenvalue weighted by Crippen LogP contribution is 2.36. The van der Waals surface area contributed by atoms with Crippen LogP contribution in [0.1, 0.15) is 34.1 Å². The summed E-state index contributed by atoms with van der Waals surface area (Å²) in [5, 5.41) is 0. The molecule has 0 aromatic carbocycles. The van der Waals surface area contributed by atoms with E-state index in [0.29, 0.717) is 0 Å². The summed E-state index contributed by atoms with van der Waals surface area (Å²) in [4.78, 5) is 24.6. The minimum atomic E-state index is -1.35. The van der Waals surface area contributed by atoms with Crippen molar-refractivity contribution >= 4 is 11.9 Å². The molecule has 4 nitrogen and oxygen atoms in total. The van der Waals surface area contributed by atoms with E-state index in [0.717, 1.165) is 0 Å². The average Bonchev–Trinajstić information content (AvgIpc) is 2.36. The Morgan fingerprint density at radius 2 is 1.68 bits per heavy atom. The Morgan fingerprint density at radius 1 is 1.21 bits per heavy atom. The fourth-order valence-corrected chi connectivity index (χ4v) is 2.01. The lowest BCUT2D eigenvalue weighted by Gasteiger charge is -2.32. The van der Waals surface area contributed by atoms with Gasteiger partial charge in [-0.2, -0.15) is 0 Å². The van der Waals surface area contributed by atoms with E-state index in [1.54, 1.807) is 39.0 Å². The largest absolute Gasteiger partial charge is 0.465 e. The third kappa shape index (κ3) is 3.94. The molecular formula is C15H24O4. The van der Waals surface area contributed by atoms with Gasteiger partial charge in [0.25, 0.3) is 0 Å². The van der Waals surface area contributed by atoms with Crippen LogP contribution in [0.5, 0.6) is 0 Å². The summed E-state index contributed by atoms with van der Waals surface area (Å²) >= 11 is 0. The smallest absolute Gasteiger partial charge is 0.324 e. The van der Waals surface area contributed by atoms with Gasteiger partial charge >= 0.3 is 11.9 Å². The van der Waals surface area contributed by atoms with Crippen LogP contribution in [0, 0.1) is 11.3 Å². The van der Waals surface area contributed by atoms with Crippen molar-refractivity contribution in [2.75, 3.05) is 13.2 Å².